The van der Waals surface area contributed by atoms with E-state index in [4.69, 9.17) is 0 Å². The average Bonchev–Trinajstić information content (AvgIpc) is 3.52. The van der Waals surface area contributed by atoms with Crippen molar-refractivity contribution in [3.8, 4) is 22.5 Å². The number of pyridine rings is 1. The van der Waals surface area contributed by atoms with Gasteiger partial charge >= 0.3 is 35.5 Å². The van der Waals surface area contributed by atoms with Crippen LogP contribution in [0.5, 0.6) is 0 Å². The van der Waals surface area contributed by atoms with Crippen LogP contribution in [0.2, 0.25) is 0 Å². The van der Waals surface area contributed by atoms with Gasteiger partial charge in [-0.3, -0.25) is 4.79 Å². The van der Waals surface area contributed by atoms with Crippen LogP contribution in [0.25, 0.3) is 32.7 Å². The van der Waals surface area contributed by atoms with E-state index in [2.05, 4.69) is 20.6 Å². The standard InChI is InChI=1S/C24H19N5O3S.Na.H/c1-2-16-11-19-21(30)20(24(31)32)13-29(23(19)33-16)12-14-7-9-15(10-8-14)17-5-3-4-6-18(17)22-25-27-28-26-22;;/h3-11,13H,2,12H2,1H3,(H,31,32)(H,25,26,27,28);;. The van der Waals surface area contributed by atoms with Crippen LogP contribution in [-0.4, -0.2) is 65.8 Å². The Kier molecular flexibility index (Phi) is 7.08. The fourth-order valence-corrected chi connectivity index (χ4v) is 4.94. The van der Waals surface area contributed by atoms with Gasteiger partial charge in [0.05, 0.1) is 5.39 Å². The molecule has 0 aliphatic heterocycles. The van der Waals surface area contributed by atoms with Gasteiger partial charge in [-0.25, -0.2) is 9.89 Å². The predicted octanol–water partition coefficient (Wildman–Crippen LogP) is 3.57. The third-order valence-electron chi connectivity index (χ3n) is 5.52. The number of H-pyrrole nitrogens is 1. The van der Waals surface area contributed by atoms with Crippen LogP contribution in [0, 0.1) is 0 Å². The second-order valence-electron chi connectivity index (χ2n) is 7.58. The molecular formula is C24H20N5NaO3S. The number of aromatic nitrogens is 5. The first-order chi connectivity index (χ1) is 16.0. The molecule has 2 N–H and O–H groups in total. The van der Waals surface area contributed by atoms with Gasteiger partial charge in [-0.05, 0) is 39.6 Å². The van der Waals surface area contributed by atoms with Gasteiger partial charge in [0, 0.05) is 23.2 Å². The Morgan fingerprint density at radius 3 is 2.50 bits per heavy atom. The Bertz CT molecular complexity index is 1530. The van der Waals surface area contributed by atoms with Crippen molar-refractivity contribution >= 4 is 57.1 Å². The van der Waals surface area contributed by atoms with E-state index in [9.17, 15) is 14.7 Å². The molecule has 0 bridgehead atoms. The molecule has 5 rings (SSSR count). The second kappa shape index (κ2) is 10.0. The van der Waals surface area contributed by atoms with E-state index in [0.717, 1.165) is 38.4 Å². The van der Waals surface area contributed by atoms with Crippen LogP contribution < -0.4 is 5.43 Å². The maximum atomic E-state index is 12.6. The summed E-state index contributed by atoms with van der Waals surface area (Å²) in [7, 11) is 0. The van der Waals surface area contributed by atoms with E-state index in [0.29, 0.717) is 17.8 Å². The fraction of sp³-hybridized carbons (Fsp3) is 0.125. The minimum absolute atomic E-state index is 0. The van der Waals surface area contributed by atoms with Crippen LogP contribution in [0.4, 0.5) is 0 Å². The number of rotatable bonds is 6. The molecule has 2 aromatic carbocycles. The van der Waals surface area contributed by atoms with Crippen molar-refractivity contribution in [2.45, 2.75) is 19.9 Å². The van der Waals surface area contributed by atoms with E-state index in [1.807, 2.05) is 66.1 Å². The summed E-state index contributed by atoms with van der Waals surface area (Å²) in [4.78, 5) is 26.1. The Hall–Kier alpha value is -3.11. The number of carboxylic acid groups (broad SMARTS) is 1. The van der Waals surface area contributed by atoms with Crippen molar-refractivity contribution < 1.29 is 9.90 Å². The molecule has 0 fully saturated rings. The van der Waals surface area contributed by atoms with E-state index in [1.165, 1.54) is 17.5 Å². The summed E-state index contributed by atoms with van der Waals surface area (Å²) in [5.74, 6) is -0.621. The molecule has 5 aromatic rings. The van der Waals surface area contributed by atoms with Crippen LogP contribution in [0.3, 0.4) is 0 Å². The van der Waals surface area contributed by atoms with E-state index in [1.54, 1.807) is 0 Å². The number of carbonyl (C=O) groups is 1. The molecule has 0 radical (unpaired) electrons. The van der Waals surface area contributed by atoms with E-state index in [-0.39, 0.29) is 35.1 Å². The summed E-state index contributed by atoms with van der Waals surface area (Å²) >= 11 is 1.53. The molecule has 10 heteroatoms. The zero-order valence-corrected chi connectivity index (χ0v) is 18.5. The van der Waals surface area contributed by atoms with Crippen LogP contribution in [0.1, 0.15) is 27.7 Å². The molecule has 0 aliphatic rings. The molecule has 0 aliphatic carbocycles. The Morgan fingerprint density at radius 2 is 1.85 bits per heavy atom. The monoisotopic (exact) mass is 481 g/mol. The molecule has 0 amide bonds. The van der Waals surface area contributed by atoms with Crippen molar-refractivity contribution in [3.63, 3.8) is 0 Å². The molecule has 3 heterocycles. The first-order valence-electron chi connectivity index (χ1n) is 10.4. The van der Waals surface area contributed by atoms with Crippen molar-refractivity contribution in [3.05, 3.63) is 87.0 Å². The Morgan fingerprint density at radius 1 is 1.12 bits per heavy atom. The number of aryl methyl sites for hydroxylation is 1. The molecule has 0 unspecified atom stereocenters. The van der Waals surface area contributed by atoms with Gasteiger partial charge in [-0.15, -0.1) is 16.4 Å². The minimum atomic E-state index is -1.21. The Balaban J connectivity index is 0.00000274. The molecule has 0 spiro atoms. The summed E-state index contributed by atoms with van der Waals surface area (Å²) in [6.45, 7) is 2.47. The van der Waals surface area contributed by atoms with Gasteiger partial charge in [0.1, 0.15) is 10.4 Å². The number of benzene rings is 2. The van der Waals surface area contributed by atoms with Crippen molar-refractivity contribution in [2.75, 3.05) is 0 Å². The number of carboxylic acids is 1. The SMILES string of the molecule is CCc1cc2c(=O)c(C(=O)O)cn(Cc3ccc(-c4ccccc4-c4nnn[nH]4)cc3)c2s1.[NaH]. The van der Waals surface area contributed by atoms with Gasteiger partial charge < -0.3 is 9.67 Å². The number of nitrogens with zero attached hydrogens (tertiary/aromatic N) is 4. The number of aromatic amines is 1. The number of tetrazole rings is 1. The molecule has 166 valence electrons. The second-order valence-corrected chi connectivity index (χ2v) is 8.70. The molecule has 34 heavy (non-hydrogen) atoms. The van der Waals surface area contributed by atoms with Crippen LogP contribution >= 0.6 is 11.3 Å². The summed E-state index contributed by atoms with van der Waals surface area (Å²) in [6, 6.07) is 17.7. The summed E-state index contributed by atoms with van der Waals surface area (Å²) in [5.41, 5.74) is 3.24. The topological polar surface area (TPSA) is 114 Å². The molecular weight excluding hydrogens is 461 g/mol. The van der Waals surface area contributed by atoms with Crippen LogP contribution in [-0.2, 0) is 13.0 Å². The van der Waals surface area contributed by atoms with Gasteiger partial charge in [0.15, 0.2) is 5.82 Å². The number of nitrogens with one attached hydrogen (secondary N) is 1. The summed E-state index contributed by atoms with van der Waals surface area (Å²) in [6.07, 6.45) is 2.24. The van der Waals surface area contributed by atoms with Gasteiger partial charge in [0.2, 0.25) is 5.43 Å². The van der Waals surface area contributed by atoms with Crippen molar-refractivity contribution in [1.29, 1.82) is 0 Å². The molecule has 0 atom stereocenters. The van der Waals surface area contributed by atoms with Crippen LogP contribution in [0.15, 0.2) is 65.6 Å². The normalized spacial score (nSPS) is 10.9. The molecule has 8 nitrogen and oxygen atoms in total. The maximum absolute atomic E-state index is 12.6. The summed E-state index contributed by atoms with van der Waals surface area (Å²) < 4.78 is 1.85. The zero-order chi connectivity index (χ0) is 22.9. The van der Waals surface area contributed by atoms with Crippen molar-refractivity contribution in [2.24, 2.45) is 0 Å². The zero-order valence-electron chi connectivity index (χ0n) is 17.6. The van der Waals surface area contributed by atoms with Gasteiger partial charge in [0.25, 0.3) is 0 Å². The van der Waals surface area contributed by atoms with Crippen molar-refractivity contribution in [1.82, 2.24) is 25.2 Å². The number of aromatic carboxylic acids is 1. The molecule has 0 saturated heterocycles. The Labute approximate surface area is 220 Å². The number of thiophene rings is 1. The first kappa shape index (κ1) is 24.0. The molecule has 0 saturated carbocycles. The predicted molar refractivity (Wildman–Crippen MR) is 134 cm³/mol. The molecule has 3 aromatic heterocycles. The fourth-order valence-electron chi connectivity index (χ4n) is 3.87. The van der Waals surface area contributed by atoms with Gasteiger partial charge in [-0.2, -0.15) is 0 Å². The number of hydrogen-bond acceptors (Lipinski definition) is 6. The first-order valence-corrected chi connectivity index (χ1v) is 11.2. The summed E-state index contributed by atoms with van der Waals surface area (Å²) in [5, 5.41) is 24.1. The third-order valence-corrected chi connectivity index (χ3v) is 6.84. The van der Waals surface area contributed by atoms with E-state index < -0.39 is 11.4 Å². The average molecular weight is 482 g/mol. The van der Waals surface area contributed by atoms with Gasteiger partial charge in [-0.1, -0.05) is 55.5 Å². The van der Waals surface area contributed by atoms with E-state index >= 15 is 0 Å². The third kappa shape index (κ3) is 4.47. The number of fused-ring (bicyclic) bond motifs is 1. The number of hydrogen-bond donors (Lipinski definition) is 2. The quantitative estimate of drug-likeness (QED) is 0.359.